The van der Waals surface area contributed by atoms with Crippen LogP contribution in [0.2, 0.25) is 0 Å². The molecule has 19 heavy (non-hydrogen) atoms. The molecule has 1 aromatic heterocycles. The van der Waals surface area contributed by atoms with Crippen LogP contribution >= 0.6 is 36.2 Å². The molecule has 0 aromatic carbocycles. The van der Waals surface area contributed by atoms with Crippen LogP contribution in [-0.2, 0) is 17.8 Å². The molecular weight excluding hydrogens is 305 g/mol. The van der Waals surface area contributed by atoms with Crippen molar-refractivity contribution in [3.05, 3.63) is 21.9 Å². The first-order valence-corrected chi connectivity index (χ1v) is 6.85. The standard InChI is InChI=1S/C12H19N3OS.2ClH/c1-9(13)12(16)14-4-6-15-5-2-11-10(8-15)3-7-17-11;;/h3,7,9H,2,4-6,8,13H2,1H3,(H,14,16);2*1H/t9-;;/m1../s1. The number of nitrogens with zero attached hydrogens (tertiary/aromatic N) is 1. The summed E-state index contributed by atoms with van der Waals surface area (Å²) in [7, 11) is 0. The molecular formula is C12H21Cl2N3OS. The summed E-state index contributed by atoms with van der Waals surface area (Å²) < 4.78 is 0. The Bertz CT molecular complexity index is 398. The van der Waals surface area contributed by atoms with Crippen molar-refractivity contribution >= 4 is 42.1 Å². The second-order valence-electron chi connectivity index (χ2n) is 4.47. The van der Waals surface area contributed by atoms with Gasteiger partial charge in [0.2, 0.25) is 5.91 Å². The molecule has 4 nitrogen and oxygen atoms in total. The Morgan fingerprint density at radius 2 is 2.32 bits per heavy atom. The molecule has 110 valence electrons. The fourth-order valence-corrected chi connectivity index (χ4v) is 2.89. The van der Waals surface area contributed by atoms with Gasteiger partial charge in [-0.05, 0) is 30.4 Å². The maximum Gasteiger partial charge on any atom is 0.236 e. The summed E-state index contributed by atoms with van der Waals surface area (Å²) in [5.41, 5.74) is 6.92. The molecule has 0 saturated heterocycles. The second-order valence-corrected chi connectivity index (χ2v) is 5.48. The van der Waals surface area contributed by atoms with Crippen molar-refractivity contribution in [2.75, 3.05) is 19.6 Å². The van der Waals surface area contributed by atoms with Crippen molar-refractivity contribution < 1.29 is 4.79 Å². The molecule has 1 atom stereocenters. The van der Waals surface area contributed by atoms with Crippen LogP contribution < -0.4 is 11.1 Å². The largest absolute Gasteiger partial charge is 0.353 e. The van der Waals surface area contributed by atoms with Gasteiger partial charge in [0.05, 0.1) is 6.04 Å². The normalized spacial score (nSPS) is 15.7. The van der Waals surface area contributed by atoms with Gasteiger partial charge in [-0.25, -0.2) is 0 Å². The van der Waals surface area contributed by atoms with Gasteiger partial charge in [0, 0.05) is 31.1 Å². The number of carbonyl (C=O) groups excluding carboxylic acids is 1. The third-order valence-corrected chi connectivity index (χ3v) is 4.05. The lowest BCUT2D eigenvalue weighted by Crippen LogP contribution is -2.42. The summed E-state index contributed by atoms with van der Waals surface area (Å²) in [5.74, 6) is -0.0711. The zero-order valence-electron chi connectivity index (χ0n) is 10.9. The van der Waals surface area contributed by atoms with Crippen molar-refractivity contribution in [1.82, 2.24) is 10.2 Å². The van der Waals surface area contributed by atoms with E-state index in [4.69, 9.17) is 5.73 Å². The van der Waals surface area contributed by atoms with Crippen LogP contribution in [0.3, 0.4) is 0 Å². The molecule has 0 spiro atoms. The molecule has 3 N–H and O–H groups in total. The van der Waals surface area contributed by atoms with Gasteiger partial charge in [-0.2, -0.15) is 0 Å². The maximum atomic E-state index is 11.3. The molecule has 2 heterocycles. The summed E-state index contributed by atoms with van der Waals surface area (Å²) >= 11 is 1.85. The summed E-state index contributed by atoms with van der Waals surface area (Å²) in [6.07, 6.45) is 1.13. The van der Waals surface area contributed by atoms with Crippen LogP contribution in [-0.4, -0.2) is 36.5 Å². The van der Waals surface area contributed by atoms with E-state index in [1.54, 1.807) is 6.92 Å². The number of fused-ring (bicyclic) bond motifs is 1. The van der Waals surface area contributed by atoms with E-state index in [-0.39, 0.29) is 30.7 Å². The average molecular weight is 326 g/mol. The maximum absolute atomic E-state index is 11.3. The molecule has 1 aliphatic rings. The Kier molecular flexibility index (Phi) is 8.61. The summed E-state index contributed by atoms with van der Waals surface area (Å²) in [4.78, 5) is 15.2. The molecule has 0 fully saturated rings. The van der Waals surface area contributed by atoms with Gasteiger partial charge in [-0.3, -0.25) is 9.69 Å². The van der Waals surface area contributed by atoms with Gasteiger partial charge in [-0.1, -0.05) is 0 Å². The summed E-state index contributed by atoms with van der Waals surface area (Å²) in [6, 6.07) is 1.78. The number of thiophene rings is 1. The highest BCUT2D eigenvalue weighted by Crippen LogP contribution is 2.23. The van der Waals surface area contributed by atoms with Gasteiger partial charge in [0.15, 0.2) is 0 Å². The minimum atomic E-state index is -0.417. The van der Waals surface area contributed by atoms with Gasteiger partial charge in [0.1, 0.15) is 0 Å². The van der Waals surface area contributed by atoms with E-state index in [1.807, 2.05) is 11.3 Å². The van der Waals surface area contributed by atoms with Crippen molar-refractivity contribution in [2.24, 2.45) is 5.73 Å². The van der Waals surface area contributed by atoms with Crippen LogP contribution in [0.1, 0.15) is 17.4 Å². The number of hydrogen-bond acceptors (Lipinski definition) is 4. The van der Waals surface area contributed by atoms with E-state index in [0.29, 0.717) is 6.54 Å². The Morgan fingerprint density at radius 1 is 1.58 bits per heavy atom. The highest BCUT2D eigenvalue weighted by molar-refractivity contribution is 7.10. The van der Waals surface area contributed by atoms with E-state index < -0.39 is 6.04 Å². The molecule has 7 heteroatoms. The van der Waals surface area contributed by atoms with Crippen molar-refractivity contribution in [3.8, 4) is 0 Å². The first-order valence-electron chi connectivity index (χ1n) is 5.97. The minimum absolute atomic E-state index is 0. The van der Waals surface area contributed by atoms with Gasteiger partial charge in [-0.15, -0.1) is 36.2 Å². The third kappa shape index (κ3) is 5.28. The third-order valence-electron chi connectivity index (χ3n) is 3.03. The quantitative estimate of drug-likeness (QED) is 0.880. The predicted octanol–water partition coefficient (Wildman–Crippen LogP) is 1.41. The average Bonchev–Trinajstić information content (AvgIpc) is 2.75. The van der Waals surface area contributed by atoms with E-state index in [1.165, 1.54) is 10.4 Å². The topological polar surface area (TPSA) is 58.4 Å². The van der Waals surface area contributed by atoms with Crippen molar-refractivity contribution in [2.45, 2.75) is 25.9 Å². The second kappa shape index (κ2) is 8.76. The first-order chi connectivity index (χ1) is 8.16. The molecule has 0 bridgehead atoms. The van der Waals surface area contributed by atoms with E-state index in [0.717, 1.165) is 26.1 Å². The van der Waals surface area contributed by atoms with Gasteiger partial charge in [0.25, 0.3) is 0 Å². The number of halogens is 2. The number of hydrogen-bond donors (Lipinski definition) is 2. The highest BCUT2D eigenvalue weighted by atomic mass is 35.5. The number of rotatable bonds is 4. The van der Waals surface area contributed by atoms with Crippen molar-refractivity contribution in [3.63, 3.8) is 0 Å². The molecule has 0 aliphatic carbocycles. The molecule has 0 unspecified atom stereocenters. The van der Waals surface area contributed by atoms with Crippen molar-refractivity contribution in [1.29, 1.82) is 0 Å². The predicted molar refractivity (Wildman–Crippen MR) is 84.5 cm³/mol. The Balaban J connectivity index is 0.00000162. The smallest absolute Gasteiger partial charge is 0.236 e. The summed E-state index contributed by atoms with van der Waals surface area (Å²) in [6.45, 7) is 5.37. The van der Waals surface area contributed by atoms with Crippen LogP contribution in [0.15, 0.2) is 11.4 Å². The van der Waals surface area contributed by atoms with Crippen LogP contribution in [0.25, 0.3) is 0 Å². The molecule has 1 aromatic rings. The van der Waals surface area contributed by atoms with E-state index in [2.05, 4.69) is 21.7 Å². The first kappa shape index (κ1) is 18.7. The zero-order valence-corrected chi connectivity index (χ0v) is 13.4. The lowest BCUT2D eigenvalue weighted by molar-refractivity contribution is -0.122. The summed E-state index contributed by atoms with van der Waals surface area (Å²) in [5, 5.41) is 5.00. The van der Waals surface area contributed by atoms with E-state index in [9.17, 15) is 4.79 Å². The highest BCUT2D eigenvalue weighted by Gasteiger charge is 2.16. The number of amides is 1. The fraction of sp³-hybridized carbons (Fsp3) is 0.583. The SMILES string of the molecule is C[C@@H](N)C(=O)NCCN1CCc2sccc2C1.Cl.Cl. The fourth-order valence-electron chi connectivity index (χ4n) is 2.00. The lowest BCUT2D eigenvalue weighted by Gasteiger charge is -2.26. The zero-order chi connectivity index (χ0) is 12.3. The number of nitrogens with two attached hydrogens (primary N) is 1. The van der Waals surface area contributed by atoms with Gasteiger partial charge >= 0.3 is 0 Å². The Hall–Kier alpha value is -0.330. The molecule has 0 saturated carbocycles. The van der Waals surface area contributed by atoms with Crippen LogP contribution in [0, 0.1) is 0 Å². The minimum Gasteiger partial charge on any atom is -0.353 e. The molecule has 0 radical (unpaired) electrons. The Labute approximate surface area is 130 Å². The number of carbonyl (C=O) groups is 1. The van der Waals surface area contributed by atoms with Crippen LogP contribution in [0.4, 0.5) is 0 Å². The molecule has 2 rings (SSSR count). The Morgan fingerprint density at radius 3 is 3.00 bits per heavy atom. The molecule has 1 aliphatic heterocycles. The number of nitrogens with one attached hydrogen (secondary N) is 1. The van der Waals surface area contributed by atoms with Crippen LogP contribution in [0.5, 0.6) is 0 Å². The van der Waals surface area contributed by atoms with E-state index >= 15 is 0 Å². The monoisotopic (exact) mass is 325 g/mol. The van der Waals surface area contributed by atoms with Gasteiger partial charge < -0.3 is 11.1 Å². The molecule has 1 amide bonds. The lowest BCUT2D eigenvalue weighted by atomic mass is 10.1.